The first-order valence-electron chi connectivity index (χ1n) is 6.85. The first-order valence-corrected chi connectivity index (χ1v) is 6.85. The fourth-order valence-corrected chi connectivity index (χ4v) is 2.56. The van der Waals surface area contributed by atoms with Gasteiger partial charge in [0, 0.05) is 17.4 Å². The number of methoxy groups -OCH3 is 1. The van der Waals surface area contributed by atoms with Crippen molar-refractivity contribution in [3.05, 3.63) is 65.9 Å². The Balaban J connectivity index is 2.09. The second-order valence-corrected chi connectivity index (χ2v) is 4.93. The normalized spacial score (nSPS) is 10.6. The van der Waals surface area contributed by atoms with Gasteiger partial charge in [-0.1, -0.05) is 30.3 Å². The largest absolute Gasteiger partial charge is 0.497 e. The van der Waals surface area contributed by atoms with Gasteiger partial charge in [-0.3, -0.25) is 0 Å². The molecule has 2 N–H and O–H groups in total. The van der Waals surface area contributed by atoms with Crippen molar-refractivity contribution in [3.8, 4) is 5.75 Å². The van der Waals surface area contributed by atoms with Gasteiger partial charge in [0.25, 0.3) is 0 Å². The molecule has 1 aromatic heterocycles. The molecule has 0 aliphatic heterocycles. The number of ether oxygens (including phenoxy) is 1. The minimum absolute atomic E-state index is 0.423. The van der Waals surface area contributed by atoms with Crippen LogP contribution < -0.4 is 10.6 Å². The lowest BCUT2D eigenvalue weighted by Crippen LogP contribution is -2.15. The lowest BCUT2D eigenvalue weighted by molar-refractivity contribution is 0.0492. The zero-order valence-electron chi connectivity index (χ0n) is 12.2. The van der Waals surface area contributed by atoms with Crippen LogP contribution in [0, 0.1) is 0 Å². The topological polar surface area (TPSA) is 66.5 Å². The number of nitrogens with zero attached hydrogens (tertiary/aromatic N) is 1. The highest BCUT2D eigenvalue weighted by molar-refractivity contribution is 5.95. The van der Waals surface area contributed by atoms with E-state index in [1.54, 1.807) is 13.2 Å². The van der Waals surface area contributed by atoms with E-state index < -0.39 is 5.97 Å². The number of benzene rings is 2. The van der Waals surface area contributed by atoms with Gasteiger partial charge in [0.2, 0.25) is 0 Å². The molecule has 0 aliphatic carbocycles. The van der Waals surface area contributed by atoms with E-state index >= 15 is 0 Å². The number of nitrogens with two attached hydrogens (primary N) is 1. The molecule has 0 spiro atoms. The standard InChI is InChI=1S/C17H16N2O3/c1-21-14-7-4-5-12(9-14)11-19-15-8-3-2-6-13(15)10-16(19)17(20)22-18/h2-10H,11,18H2,1H3. The van der Waals surface area contributed by atoms with Gasteiger partial charge in [0.05, 0.1) is 7.11 Å². The predicted molar refractivity (Wildman–Crippen MR) is 83.6 cm³/mol. The number of aromatic nitrogens is 1. The van der Waals surface area contributed by atoms with Crippen molar-refractivity contribution in [1.29, 1.82) is 0 Å². The summed E-state index contributed by atoms with van der Waals surface area (Å²) in [5.74, 6) is 5.27. The van der Waals surface area contributed by atoms with E-state index in [1.165, 1.54) is 0 Å². The summed E-state index contributed by atoms with van der Waals surface area (Å²) in [5, 5.41) is 0.964. The fourth-order valence-electron chi connectivity index (χ4n) is 2.56. The molecule has 0 fully saturated rings. The highest BCUT2D eigenvalue weighted by atomic mass is 16.7. The van der Waals surface area contributed by atoms with Crippen LogP contribution in [0.15, 0.2) is 54.6 Å². The Morgan fingerprint density at radius 2 is 1.95 bits per heavy atom. The summed E-state index contributed by atoms with van der Waals surface area (Å²) >= 11 is 0. The van der Waals surface area contributed by atoms with E-state index in [2.05, 4.69) is 4.84 Å². The second-order valence-electron chi connectivity index (χ2n) is 4.93. The Morgan fingerprint density at radius 3 is 2.73 bits per heavy atom. The molecule has 0 unspecified atom stereocenters. The van der Waals surface area contributed by atoms with E-state index in [1.807, 2.05) is 53.1 Å². The second kappa shape index (κ2) is 5.91. The Bertz CT molecular complexity index is 824. The van der Waals surface area contributed by atoms with Crippen LogP contribution in [-0.4, -0.2) is 17.6 Å². The predicted octanol–water partition coefficient (Wildman–Crippen LogP) is 2.73. The Morgan fingerprint density at radius 1 is 1.14 bits per heavy atom. The molecule has 1 heterocycles. The Labute approximate surface area is 127 Å². The third-order valence-electron chi connectivity index (χ3n) is 3.60. The van der Waals surface area contributed by atoms with Crippen LogP contribution in [0.5, 0.6) is 5.75 Å². The van der Waals surface area contributed by atoms with E-state index in [0.29, 0.717) is 12.2 Å². The first-order chi connectivity index (χ1) is 10.7. The average Bonchev–Trinajstić information content (AvgIpc) is 2.93. The lowest BCUT2D eigenvalue weighted by atomic mass is 10.2. The molecule has 0 saturated carbocycles. The average molecular weight is 296 g/mol. The summed E-state index contributed by atoms with van der Waals surface area (Å²) in [6.07, 6.45) is 0. The molecular weight excluding hydrogens is 280 g/mol. The van der Waals surface area contributed by atoms with Gasteiger partial charge in [0.1, 0.15) is 11.4 Å². The number of fused-ring (bicyclic) bond motifs is 1. The summed E-state index contributed by atoms with van der Waals surface area (Å²) in [6.45, 7) is 0.523. The molecule has 22 heavy (non-hydrogen) atoms. The van der Waals surface area contributed by atoms with Gasteiger partial charge in [0.15, 0.2) is 0 Å². The van der Waals surface area contributed by atoms with Gasteiger partial charge in [-0.2, -0.15) is 5.90 Å². The van der Waals surface area contributed by atoms with Gasteiger partial charge in [-0.05, 0) is 29.8 Å². The molecule has 3 rings (SSSR count). The van der Waals surface area contributed by atoms with E-state index in [0.717, 1.165) is 22.2 Å². The van der Waals surface area contributed by atoms with Crippen molar-refractivity contribution in [2.45, 2.75) is 6.54 Å². The molecule has 5 heteroatoms. The number of rotatable bonds is 4. The molecule has 0 aliphatic rings. The third-order valence-corrected chi connectivity index (χ3v) is 3.60. The van der Waals surface area contributed by atoms with Crippen molar-refractivity contribution in [1.82, 2.24) is 4.57 Å². The van der Waals surface area contributed by atoms with E-state index in [4.69, 9.17) is 10.6 Å². The summed E-state index contributed by atoms with van der Waals surface area (Å²) in [4.78, 5) is 16.3. The van der Waals surface area contributed by atoms with Crippen molar-refractivity contribution >= 4 is 16.9 Å². The molecule has 2 aromatic carbocycles. The number of carbonyl (C=O) groups excluding carboxylic acids is 1. The highest BCUT2D eigenvalue weighted by Crippen LogP contribution is 2.23. The quantitative estimate of drug-likeness (QED) is 0.752. The minimum Gasteiger partial charge on any atom is -0.497 e. The van der Waals surface area contributed by atoms with Gasteiger partial charge in [-0.25, -0.2) is 4.79 Å². The summed E-state index contributed by atoms with van der Waals surface area (Å²) in [5.41, 5.74) is 2.39. The van der Waals surface area contributed by atoms with E-state index in [-0.39, 0.29) is 0 Å². The van der Waals surface area contributed by atoms with Crippen molar-refractivity contribution in [3.63, 3.8) is 0 Å². The number of para-hydroxylation sites is 1. The van der Waals surface area contributed by atoms with Crippen LogP contribution in [0.1, 0.15) is 16.1 Å². The summed E-state index contributed by atoms with van der Waals surface area (Å²) in [6, 6.07) is 17.3. The van der Waals surface area contributed by atoms with Gasteiger partial charge in [-0.15, -0.1) is 0 Å². The third kappa shape index (κ3) is 2.54. The molecular formula is C17H16N2O3. The number of carbonyl (C=O) groups is 1. The molecule has 0 radical (unpaired) electrons. The summed E-state index contributed by atoms with van der Waals surface area (Å²) < 4.78 is 7.13. The maximum absolute atomic E-state index is 11.9. The first kappa shape index (κ1) is 14.2. The maximum Gasteiger partial charge on any atom is 0.373 e. The highest BCUT2D eigenvalue weighted by Gasteiger charge is 2.16. The zero-order valence-corrected chi connectivity index (χ0v) is 12.2. The molecule has 0 bridgehead atoms. The maximum atomic E-state index is 11.9. The molecule has 3 aromatic rings. The monoisotopic (exact) mass is 296 g/mol. The van der Waals surface area contributed by atoms with E-state index in [9.17, 15) is 4.79 Å². The lowest BCUT2D eigenvalue weighted by Gasteiger charge is -2.10. The summed E-state index contributed by atoms with van der Waals surface area (Å²) in [7, 11) is 1.63. The molecule has 0 saturated heterocycles. The smallest absolute Gasteiger partial charge is 0.373 e. The molecule has 0 atom stereocenters. The van der Waals surface area contributed by atoms with Crippen molar-refractivity contribution in [2.75, 3.05) is 7.11 Å². The molecule has 0 amide bonds. The number of hydrogen-bond donors (Lipinski definition) is 1. The van der Waals surface area contributed by atoms with Gasteiger partial charge >= 0.3 is 5.97 Å². The molecule has 112 valence electrons. The van der Waals surface area contributed by atoms with Crippen molar-refractivity contribution < 1.29 is 14.4 Å². The Hall–Kier alpha value is -2.79. The molecule has 5 nitrogen and oxygen atoms in total. The van der Waals surface area contributed by atoms with Crippen LogP contribution in [0.3, 0.4) is 0 Å². The van der Waals surface area contributed by atoms with Crippen LogP contribution in [0.25, 0.3) is 10.9 Å². The van der Waals surface area contributed by atoms with Gasteiger partial charge < -0.3 is 14.1 Å². The van der Waals surface area contributed by atoms with Crippen LogP contribution in [0.2, 0.25) is 0 Å². The van der Waals surface area contributed by atoms with Crippen LogP contribution >= 0.6 is 0 Å². The minimum atomic E-state index is -0.556. The fraction of sp³-hybridized carbons (Fsp3) is 0.118. The number of hydrogen-bond acceptors (Lipinski definition) is 4. The van der Waals surface area contributed by atoms with Crippen molar-refractivity contribution in [2.24, 2.45) is 5.90 Å². The van der Waals surface area contributed by atoms with Crippen LogP contribution in [0.4, 0.5) is 0 Å². The van der Waals surface area contributed by atoms with Crippen LogP contribution in [-0.2, 0) is 11.4 Å². The zero-order chi connectivity index (χ0) is 15.5. The Kier molecular flexibility index (Phi) is 3.80. The SMILES string of the molecule is COc1cccc(Cn2c(C(=O)ON)cc3ccccc32)c1.